The first-order valence-electron chi connectivity index (χ1n) is 8.67. The second-order valence-electron chi connectivity index (χ2n) is 6.13. The van der Waals surface area contributed by atoms with Crippen LogP contribution in [0.15, 0.2) is 51.7 Å². The Morgan fingerprint density at radius 1 is 1.10 bits per heavy atom. The van der Waals surface area contributed by atoms with Gasteiger partial charge in [0.15, 0.2) is 5.78 Å². The number of fused-ring (bicyclic) bond motifs is 1. The summed E-state index contributed by atoms with van der Waals surface area (Å²) >= 11 is 0. The van der Waals surface area contributed by atoms with Gasteiger partial charge >= 0.3 is 11.3 Å². The molecule has 3 rings (SSSR count). The Bertz CT molecular complexity index is 1120. The number of hydrogen-bond acceptors (Lipinski definition) is 8. The molecule has 1 N–H and O–H groups in total. The van der Waals surface area contributed by atoms with Crippen LogP contribution < -0.4 is 15.1 Å². The highest BCUT2D eigenvalue weighted by Gasteiger charge is 2.24. The van der Waals surface area contributed by atoms with Crippen molar-refractivity contribution in [3.63, 3.8) is 0 Å². The number of ether oxygens (including phenoxy) is 2. The maximum atomic E-state index is 11.7. The van der Waals surface area contributed by atoms with Crippen LogP contribution in [0, 0.1) is 10.1 Å². The molecule has 29 heavy (non-hydrogen) atoms. The molecule has 0 spiro atoms. The van der Waals surface area contributed by atoms with Crippen molar-refractivity contribution < 1.29 is 28.7 Å². The molecule has 0 radical (unpaired) electrons. The summed E-state index contributed by atoms with van der Waals surface area (Å²) in [5.41, 5.74) is -1.64. The molecule has 0 unspecified atom stereocenters. The molecule has 2 aromatic carbocycles. The lowest BCUT2D eigenvalue weighted by molar-refractivity contribution is -0.388. The Hall–Kier alpha value is -3.88. The molecule has 0 fully saturated rings. The predicted molar refractivity (Wildman–Crippen MR) is 103 cm³/mol. The Morgan fingerprint density at radius 2 is 1.72 bits per heavy atom. The quantitative estimate of drug-likeness (QED) is 0.200. The second kappa shape index (κ2) is 8.42. The molecule has 0 amide bonds. The summed E-state index contributed by atoms with van der Waals surface area (Å²) in [5.74, 6) is 0.260. The lowest BCUT2D eigenvalue weighted by Gasteiger charge is -2.09. The van der Waals surface area contributed by atoms with Gasteiger partial charge in [-0.05, 0) is 43.3 Å². The van der Waals surface area contributed by atoms with E-state index in [0.717, 1.165) is 0 Å². The van der Waals surface area contributed by atoms with Crippen LogP contribution in [0.5, 0.6) is 17.2 Å². The Kier molecular flexibility index (Phi) is 5.77. The highest BCUT2D eigenvalue weighted by molar-refractivity contribution is 5.94. The number of benzene rings is 2. The van der Waals surface area contributed by atoms with Gasteiger partial charge in [-0.15, -0.1) is 0 Å². The van der Waals surface area contributed by atoms with Crippen LogP contribution in [-0.2, 0) is 0 Å². The topological polar surface area (TPSA) is 129 Å². The van der Waals surface area contributed by atoms with Crippen LogP contribution in [0.4, 0.5) is 5.69 Å². The maximum Gasteiger partial charge on any atom is 0.419 e. The van der Waals surface area contributed by atoms with E-state index in [0.29, 0.717) is 36.7 Å². The molecule has 9 nitrogen and oxygen atoms in total. The highest BCUT2D eigenvalue weighted by Crippen LogP contribution is 2.32. The van der Waals surface area contributed by atoms with Gasteiger partial charge < -0.3 is 19.0 Å². The molecule has 0 saturated carbocycles. The first kappa shape index (κ1) is 19.9. The average molecular weight is 399 g/mol. The molecule has 9 heteroatoms. The van der Waals surface area contributed by atoms with Crippen LogP contribution in [-0.4, -0.2) is 29.0 Å². The Labute approximate surface area is 164 Å². The first-order chi connectivity index (χ1) is 13.9. The molecule has 150 valence electrons. The van der Waals surface area contributed by atoms with E-state index in [4.69, 9.17) is 13.9 Å². The molecule has 0 aliphatic carbocycles. The number of carbonyl (C=O) groups excluding carboxylic acids is 1. The normalized spacial score (nSPS) is 10.7. The molecule has 0 saturated heterocycles. The van der Waals surface area contributed by atoms with Crippen molar-refractivity contribution in [1.82, 2.24) is 0 Å². The number of ketones is 1. The fourth-order valence-corrected chi connectivity index (χ4v) is 2.63. The number of nitrogens with zero attached hydrogens (tertiary/aromatic N) is 1. The molecular formula is C20H17NO8. The summed E-state index contributed by atoms with van der Waals surface area (Å²) in [6.07, 6.45) is 0.557. The zero-order valence-electron chi connectivity index (χ0n) is 15.4. The minimum Gasteiger partial charge on any atom is -0.501 e. The molecule has 0 atom stereocenters. The van der Waals surface area contributed by atoms with Crippen LogP contribution in [0.3, 0.4) is 0 Å². The zero-order chi connectivity index (χ0) is 21.0. The number of carbonyl (C=O) groups is 1. The largest absolute Gasteiger partial charge is 0.501 e. The summed E-state index contributed by atoms with van der Waals surface area (Å²) in [4.78, 5) is 32.7. The average Bonchev–Trinajstić information content (AvgIpc) is 2.67. The molecule has 0 aliphatic heterocycles. The van der Waals surface area contributed by atoms with Gasteiger partial charge in [0.1, 0.15) is 17.1 Å². The maximum absolute atomic E-state index is 11.7. The van der Waals surface area contributed by atoms with Crippen LogP contribution in [0.1, 0.15) is 23.7 Å². The van der Waals surface area contributed by atoms with Crippen molar-refractivity contribution in [1.29, 1.82) is 0 Å². The molecule has 1 heterocycles. The van der Waals surface area contributed by atoms with E-state index in [9.17, 15) is 24.8 Å². The van der Waals surface area contributed by atoms with Crippen LogP contribution in [0.25, 0.3) is 11.0 Å². The van der Waals surface area contributed by atoms with E-state index in [2.05, 4.69) is 0 Å². The molecule has 3 aromatic rings. The third kappa shape index (κ3) is 4.52. The van der Waals surface area contributed by atoms with Crippen LogP contribution >= 0.6 is 0 Å². The highest BCUT2D eigenvalue weighted by atomic mass is 16.6. The van der Waals surface area contributed by atoms with Crippen molar-refractivity contribution in [3.05, 3.63) is 68.6 Å². The summed E-state index contributed by atoms with van der Waals surface area (Å²) in [6.45, 7) is 2.18. The van der Waals surface area contributed by atoms with E-state index in [1.807, 2.05) is 0 Å². The van der Waals surface area contributed by atoms with Crippen LogP contribution in [0.2, 0.25) is 0 Å². The molecule has 0 bridgehead atoms. The van der Waals surface area contributed by atoms with E-state index in [1.54, 1.807) is 24.3 Å². The fraction of sp³-hybridized carbons (Fsp3) is 0.200. The van der Waals surface area contributed by atoms with E-state index in [-0.39, 0.29) is 16.8 Å². The number of aromatic hydroxyl groups is 1. The van der Waals surface area contributed by atoms with Crippen molar-refractivity contribution in [3.8, 4) is 17.2 Å². The standard InChI is InChI=1S/C20H17NO8/c1-12(22)13-3-5-14(6-4-13)27-9-2-10-28-15-7-8-16-17(11-15)29-20(24)18(19(16)23)21(25)26/h3-8,11,23H,2,9-10H2,1H3. The van der Waals surface area contributed by atoms with Crippen molar-refractivity contribution in [2.24, 2.45) is 0 Å². The SMILES string of the molecule is CC(=O)c1ccc(OCCCOc2ccc3c(O)c([N+](=O)[O-])c(=O)oc3c2)cc1. The summed E-state index contributed by atoms with van der Waals surface area (Å²) in [6, 6.07) is 11.1. The van der Waals surface area contributed by atoms with E-state index < -0.39 is 22.0 Å². The predicted octanol–water partition coefficient (Wildman–Crippen LogP) is 3.46. The molecule has 1 aromatic heterocycles. The lowest BCUT2D eigenvalue weighted by Crippen LogP contribution is -2.07. The number of hydrogen-bond donors (Lipinski definition) is 1. The van der Waals surface area contributed by atoms with Gasteiger partial charge in [0.2, 0.25) is 5.75 Å². The van der Waals surface area contributed by atoms with E-state index in [1.165, 1.54) is 25.1 Å². The second-order valence-corrected chi connectivity index (χ2v) is 6.13. The Morgan fingerprint density at radius 3 is 2.34 bits per heavy atom. The monoisotopic (exact) mass is 399 g/mol. The molecule has 0 aliphatic rings. The van der Waals surface area contributed by atoms with Gasteiger partial charge in [-0.1, -0.05) is 0 Å². The van der Waals surface area contributed by atoms with Gasteiger partial charge in [0.25, 0.3) is 0 Å². The summed E-state index contributed by atoms with van der Waals surface area (Å²) < 4.78 is 16.0. The van der Waals surface area contributed by atoms with Gasteiger partial charge in [-0.2, -0.15) is 0 Å². The molecular weight excluding hydrogens is 382 g/mol. The van der Waals surface area contributed by atoms with Crippen molar-refractivity contribution >= 4 is 22.4 Å². The third-order valence-corrected chi connectivity index (χ3v) is 4.10. The lowest BCUT2D eigenvalue weighted by atomic mass is 10.1. The smallest absolute Gasteiger partial charge is 0.419 e. The Balaban J connectivity index is 1.57. The zero-order valence-corrected chi connectivity index (χ0v) is 15.4. The van der Waals surface area contributed by atoms with Gasteiger partial charge in [0, 0.05) is 18.1 Å². The van der Waals surface area contributed by atoms with Crippen molar-refractivity contribution in [2.75, 3.05) is 13.2 Å². The van der Waals surface area contributed by atoms with Crippen molar-refractivity contribution in [2.45, 2.75) is 13.3 Å². The van der Waals surface area contributed by atoms with Gasteiger partial charge in [-0.3, -0.25) is 14.9 Å². The minimum atomic E-state index is -1.23. The third-order valence-electron chi connectivity index (χ3n) is 4.10. The number of Topliss-reactive ketones (excluding diaryl/α,β-unsaturated/α-hetero) is 1. The van der Waals surface area contributed by atoms with Gasteiger partial charge in [0.05, 0.1) is 23.5 Å². The van der Waals surface area contributed by atoms with E-state index >= 15 is 0 Å². The number of nitro groups is 1. The summed E-state index contributed by atoms with van der Waals surface area (Å²) in [5, 5.41) is 20.8. The fourth-order valence-electron chi connectivity index (χ4n) is 2.63. The van der Waals surface area contributed by atoms with Gasteiger partial charge in [-0.25, -0.2) is 4.79 Å². The first-order valence-corrected chi connectivity index (χ1v) is 8.67. The minimum absolute atomic E-state index is 0.0147. The summed E-state index contributed by atoms with van der Waals surface area (Å²) in [7, 11) is 0. The number of rotatable bonds is 8.